The van der Waals surface area contributed by atoms with E-state index >= 15 is 0 Å². The van der Waals surface area contributed by atoms with E-state index < -0.39 is 0 Å². The second-order valence-corrected chi connectivity index (χ2v) is 6.61. The molecule has 1 aliphatic carbocycles. The van der Waals surface area contributed by atoms with E-state index in [1.54, 1.807) is 12.4 Å². The smallest absolute Gasteiger partial charge is 0.125 e. The molecule has 0 saturated carbocycles. The number of hydrogen-bond donors (Lipinski definition) is 1. The maximum atomic E-state index is 4.35. The Hall–Kier alpha value is -2.59. The van der Waals surface area contributed by atoms with Crippen molar-refractivity contribution >= 4 is 0 Å². The van der Waals surface area contributed by atoms with E-state index in [-0.39, 0.29) is 0 Å². The molecule has 1 unspecified atom stereocenters. The Balaban J connectivity index is 0.000000152. The molecular formula is C22H26N4. The Kier molecular flexibility index (Phi) is 6.08. The fraction of sp³-hybridized carbons (Fsp3) is 0.318. The van der Waals surface area contributed by atoms with E-state index in [0.717, 1.165) is 22.8 Å². The summed E-state index contributed by atoms with van der Waals surface area (Å²) in [4.78, 5) is 12.6. The summed E-state index contributed by atoms with van der Waals surface area (Å²) in [7, 11) is 2.05. The Morgan fingerprint density at radius 3 is 2.58 bits per heavy atom. The van der Waals surface area contributed by atoms with Gasteiger partial charge in [0.25, 0.3) is 0 Å². The van der Waals surface area contributed by atoms with Crippen LogP contribution in [0.2, 0.25) is 0 Å². The first-order chi connectivity index (χ1) is 12.7. The minimum absolute atomic E-state index is 0.593. The van der Waals surface area contributed by atoms with Crippen LogP contribution in [0.5, 0.6) is 0 Å². The molecule has 1 aromatic carbocycles. The largest absolute Gasteiger partial charge is 0.313 e. The standard InChI is InChI=1S/C11H11N3.C11H15N/c1-8-7-10(3-5-12-8)11-4-6-13-9(2)14-11;1-12-11-8-4-6-9-5-2-3-7-10(9)11/h3-7H,1-2H3;2-3,5,7,11-12H,4,6,8H2,1H3. The molecule has 1 aliphatic rings. The van der Waals surface area contributed by atoms with Crippen molar-refractivity contribution in [2.45, 2.75) is 39.2 Å². The van der Waals surface area contributed by atoms with Crippen LogP contribution in [0.15, 0.2) is 54.9 Å². The van der Waals surface area contributed by atoms with Crippen molar-refractivity contribution in [1.82, 2.24) is 20.3 Å². The number of hydrogen-bond acceptors (Lipinski definition) is 4. The molecule has 0 bridgehead atoms. The molecule has 0 spiro atoms. The summed E-state index contributed by atoms with van der Waals surface area (Å²) in [6, 6.07) is 15.2. The number of benzene rings is 1. The van der Waals surface area contributed by atoms with Gasteiger partial charge >= 0.3 is 0 Å². The van der Waals surface area contributed by atoms with Gasteiger partial charge in [0.1, 0.15) is 5.82 Å². The van der Waals surface area contributed by atoms with E-state index in [4.69, 9.17) is 0 Å². The average Bonchev–Trinajstić information content (AvgIpc) is 2.68. The zero-order valence-corrected chi connectivity index (χ0v) is 15.7. The maximum Gasteiger partial charge on any atom is 0.125 e. The third kappa shape index (κ3) is 4.52. The highest BCUT2D eigenvalue weighted by Crippen LogP contribution is 2.28. The van der Waals surface area contributed by atoms with Gasteiger partial charge < -0.3 is 5.32 Å². The molecule has 1 atom stereocenters. The Labute approximate surface area is 155 Å². The van der Waals surface area contributed by atoms with E-state index in [9.17, 15) is 0 Å². The van der Waals surface area contributed by atoms with Crippen LogP contribution in [0.1, 0.15) is 41.5 Å². The lowest BCUT2D eigenvalue weighted by molar-refractivity contribution is 0.496. The van der Waals surface area contributed by atoms with Gasteiger partial charge in [-0.3, -0.25) is 4.98 Å². The monoisotopic (exact) mass is 346 g/mol. The van der Waals surface area contributed by atoms with Crippen molar-refractivity contribution in [2.75, 3.05) is 7.05 Å². The summed E-state index contributed by atoms with van der Waals surface area (Å²) >= 11 is 0. The normalized spacial score (nSPS) is 15.6. The lowest BCUT2D eigenvalue weighted by Crippen LogP contribution is -2.21. The number of aromatic nitrogens is 3. The Morgan fingerprint density at radius 2 is 1.81 bits per heavy atom. The molecule has 2 heterocycles. The number of aryl methyl sites for hydroxylation is 3. The van der Waals surface area contributed by atoms with E-state index in [1.807, 2.05) is 39.1 Å². The quantitative estimate of drug-likeness (QED) is 0.745. The third-order valence-electron chi connectivity index (χ3n) is 4.69. The highest BCUT2D eigenvalue weighted by atomic mass is 14.9. The van der Waals surface area contributed by atoms with Crippen molar-refractivity contribution in [2.24, 2.45) is 0 Å². The molecule has 0 saturated heterocycles. The third-order valence-corrected chi connectivity index (χ3v) is 4.69. The zero-order valence-electron chi connectivity index (χ0n) is 15.7. The molecule has 3 aromatic rings. The minimum atomic E-state index is 0.593. The van der Waals surface area contributed by atoms with Gasteiger partial charge in [0.2, 0.25) is 0 Å². The van der Waals surface area contributed by atoms with Crippen molar-refractivity contribution in [3.63, 3.8) is 0 Å². The van der Waals surface area contributed by atoms with Crippen LogP contribution in [0, 0.1) is 13.8 Å². The van der Waals surface area contributed by atoms with Gasteiger partial charge in [-0.15, -0.1) is 0 Å². The topological polar surface area (TPSA) is 50.7 Å². The number of fused-ring (bicyclic) bond motifs is 1. The van der Waals surface area contributed by atoms with Gasteiger partial charge in [-0.05, 0) is 69.5 Å². The van der Waals surface area contributed by atoms with Crippen LogP contribution in [0.4, 0.5) is 0 Å². The molecule has 1 N–H and O–H groups in total. The van der Waals surface area contributed by atoms with Crippen LogP contribution >= 0.6 is 0 Å². The second kappa shape index (κ2) is 8.68. The van der Waals surface area contributed by atoms with Crippen LogP contribution in [0.25, 0.3) is 11.3 Å². The first-order valence-electron chi connectivity index (χ1n) is 9.15. The van der Waals surface area contributed by atoms with E-state index in [2.05, 4.69) is 44.5 Å². The van der Waals surface area contributed by atoms with E-state index in [0.29, 0.717) is 6.04 Å². The van der Waals surface area contributed by atoms with Crippen LogP contribution in [-0.4, -0.2) is 22.0 Å². The van der Waals surface area contributed by atoms with Gasteiger partial charge in [0.05, 0.1) is 5.69 Å². The Morgan fingerprint density at radius 1 is 1.00 bits per heavy atom. The Bertz CT molecular complexity index is 817. The van der Waals surface area contributed by atoms with Crippen LogP contribution in [-0.2, 0) is 6.42 Å². The number of nitrogens with one attached hydrogen (secondary N) is 1. The predicted molar refractivity (Wildman–Crippen MR) is 106 cm³/mol. The molecule has 4 heteroatoms. The van der Waals surface area contributed by atoms with Crippen molar-refractivity contribution < 1.29 is 0 Å². The molecule has 26 heavy (non-hydrogen) atoms. The molecule has 0 amide bonds. The first-order valence-corrected chi connectivity index (χ1v) is 9.15. The molecule has 0 aliphatic heterocycles. The SMILES string of the molecule is CNC1CCCc2ccccc21.Cc1cc(-c2ccnc(C)n2)ccn1. The summed E-state index contributed by atoms with van der Waals surface area (Å²) in [6.07, 6.45) is 7.43. The molecule has 4 nitrogen and oxygen atoms in total. The lowest BCUT2D eigenvalue weighted by Gasteiger charge is -2.24. The summed E-state index contributed by atoms with van der Waals surface area (Å²) in [5, 5.41) is 3.36. The number of rotatable bonds is 2. The fourth-order valence-electron chi connectivity index (χ4n) is 3.38. The van der Waals surface area contributed by atoms with Crippen molar-refractivity contribution in [1.29, 1.82) is 0 Å². The molecule has 134 valence electrons. The molecule has 2 aromatic heterocycles. The van der Waals surface area contributed by atoms with Gasteiger partial charge in [0.15, 0.2) is 0 Å². The fourth-order valence-corrected chi connectivity index (χ4v) is 3.38. The van der Waals surface area contributed by atoms with Gasteiger partial charge in [-0.2, -0.15) is 0 Å². The minimum Gasteiger partial charge on any atom is -0.313 e. The molecule has 4 rings (SSSR count). The summed E-state index contributed by atoms with van der Waals surface area (Å²) in [5.41, 5.74) is 6.07. The molecular weight excluding hydrogens is 320 g/mol. The molecule has 0 fully saturated rings. The van der Waals surface area contributed by atoms with E-state index in [1.165, 1.54) is 30.4 Å². The van der Waals surface area contributed by atoms with Crippen molar-refractivity contribution in [3.05, 3.63) is 77.5 Å². The van der Waals surface area contributed by atoms with Crippen LogP contribution in [0.3, 0.4) is 0 Å². The number of nitrogens with zero attached hydrogens (tertiary/aromatic N) is 3. The highest BCUT2D eigenvalue weighted by molar-refractivity contribution is 5.58. The average molecular weight is 346 g/mol. The van der Waals surface area contributed by atoms with Gasteiger partial charge in [0, 0.05) is 29.7 Å². The van der Waals surface area contributed by atoms with Crippen LogP contribution < -0.4 is 5.32 Å². The summed E-state index contributed by atoms with van der Waals surface area (Å²) in [6.45, 7) is 3.86. The molecule has 0 radical (unpaired) electrons. The van der Waals surface area contributed by atoms with Crippen molar-refractivity contribution in [3.8, 4) is 11.3 Å². The van der Waals surface area contributed by atoms with Gasteiger partial charge in [-0.1, -0.05) is 24.3 Å². The predicted octanol–water partition coefficient (Wildman–Crippen LogP) is 4.44. The van der Waals surface area contributed by atoms with Gasteiger partial charge in [-0.25, -0.2) is 9.97 Å². The lowest BCUT2D eigenvalue weighted by atomic mass is 9.88. The number of pyridine rings is 1. The second-order valence-electron chi connectivity index (χ2n) is 6.61. The summed E-state index contributed by atoms with van der Waals surface area (Å²) in [5.74, 6) is 0.789. The maximum absolute atomic E-state index is 4.35. The first kappa shape index (κ1) is 18.2. The summed E-state index contributed by atoms with van der Waals surface area (Å²) < 4.78 is 0. The highest BCUT2D eigenvalue weighted by Gasteiger charge is 2.16. The zero-order chi connectivity index (χ0) is 18.4.